The Morgan fingerprint density at radius 3 is 2.67 bits per heavy atom. The fourth-order valence-electron chi connectivity index (χ4n) is 4.51. The van der Waals surface area contributed by atoms with Gasteiger partial charge in [-0.3, -0.25) is 0 Å². The molecule has 1 atom stereocenters. The van der Waals surface area contributed by atoms with Gasteiger partial charge in [0.1, 0.15) is 17.7 Å². The van der Waals surface area contributed by atoms with Gasteiger partial charge in [0, 0.05) is 16.7 Å². The molecule has 4 rings (SSSR count). The Morgan fingerprint density at radius 2 is 1.97 bits per heavy atom. The topological polar surface area (TPSA) is 78.4 Å². The highest BCUT2D eigenvalue weighted by molar-refractivity contribution is 14.1. The Kier molecular flexibility index (Phi) is 8.02. The molecule has 36 heavy (non-hydrogen) atoms. The van der Waals surface area contributed by atoms with Crippen molar-refractivity contribution in [1.29, 1.82) is 10.5 Å². The monoisotopic (exact) mass is 609 g/mol. The molecule has 0 unspecified atom stereocenters. The number of methoxy groups -OCH3 is 1. The molecule has 0 saturated carbocycles. The van der Waals surface area contributed by atoms with Gasteiger partial charge in [0.25, 0.3) is 0 Å². The second-order valence-corrected chi connectivity index (χ2v) is 12.2. The number of halogens is 1. The third-order valence-electron chi connectivity index (χ3n) is 6.68. The van der Waals surface area contributed by atoms with Crippen LogP contribution in [0.5, 0.6) is 11.5 Å². The largest absolute Gasteiger partial charge is 0.493 e. The number of nitrogens with zero attached hydrogens (tertiary/aromatic N) is 3. The van der Waals surface area contributed by atoms with E-state index in [1.54, 1.807) is 30.7 Å². The van der Waals surface area contributed by atoms with Crippen LogP contribution in [0.3, 0.4) is 0 Å². The van der Waals surface area contributed by atoms with Crippen molar-refractivity contribution in [3.8, 4) is 23.6 Å². The maximum Gasteiger partial charge on any atom is 0.174 e. The second kappa shape index (κ2) is 11.0. The van der Waals surface area contributed by atoms with E-state index in [2.05, 4.69) is 55.5 Å². The quantitative estimate of drug-likeness (QED) is 0.213. The van der Waals surface area contributed by atoms with E-state index in [4.69, 9.17) is 14.5 Å². The smallest absolute Gasteiger partial charge is 0.174 e. The Morgan fingerprint density at radius 1 is 1.19 bits per heavy atom. The summed E-state index contributed by atoms with van der Waals surface area (Å²) in [5.74, 6) is 1.84. The van der Waals surface area contributed by atoms with Gasteiger partial charge in [0.2, 0.25) is 0 Å². The van der Waals surface area contributed by atoms with Crippen LogP contribution >= 0.6 is 33.9 Å². The number of aliphatic imine (C=N–C) groups is 1. The molecule has 0 amide bonds. The van der Waals surface area contributed by atoms with Gasteiger partial charge in [-0.2, -0.15) is 10.5 Å². The average molecular weight is 610 g/mol. The molecule has 0 bridgehead atoms. The van der Waals surface area contributed by atoms with Crippen LogP contribution in [0.2, 0.25) is 0 Å². The van der Waals surface area contributed by atoms with Crippen molar-refractivity contribution >= 4 is 45.1 Å². The van der Waals surface area contributed by atoms with Crippen molar-refractivity contribution in [3.63, 3.8) is 0 Å². The Labute approximate surface area is 230 Å². The molecular formula is C29H28IN3O2S. The van der Waals surface area contributed by atoms with Gasteiger partial charge in [-0.25, -0.2) is 4.99 Å². The van der Waals surface area contributed by atoms with E-state index in [-0.39, 0.29) is 12.0 Å². The van der Waals surface area contributed by atoms with E-state index in [1.165, 1.54) is 10.4 Å². The van der Waals surface area contributed by atoms with E-state index in [1.807, 2.05) is 30.3 Å². The minimum Gasteiger partial charge on any atom is -0.493 e. The fourth-order valence-corrected chi connectivity index (χ4v) is 6.51. The van der Waals surface area contributed by atoms with Crippen LogP contribution in [-0.2, 0) is 19.4 Å². The SMILES string of the molecule is COc1cc(C=Nc2sc3c(c2C#N)CC[C@@H](C(C)(C)C)C3)cc(I)c1OCc1ccccc1C#N. The molecule has 0 N–H and O–H groups in total. The molecule has 0 spiro atoms. The highest BCUT2D eigenvalue weighted by Crippen LogP contribution is 2.45. The van der Waals surface area contributed by atoms with Gasteiger partial charge in [-0.15, -0.1) is 11.3 Å². The minimum absolute atomic E-state index is 0.256. The number of ether oxygens (including phenoxy) is 2. The number of benzene rings is 2. The molecule has 1 heterocycles. The van der Waals surface area contributed by atoms with Crippen LogP contribution < -0.4 is 9.47 Å². The van der Waals surface area contributed by atoms with Crippen LogP contribution in [0.25, 0.3) is 0 Å². The van der Waals surface area contributed by atoms with Crippen molar-refractivity contribution in [3.05, 3.63) is 72.7 Å². The van der Waals surface area contributed by atoms with E-state index >= 15 is 0 Å². The summed E-state index contributed by atoms with van der Waals surface area (Å²) in [5.41, 5.74) is 4.44. The van der Waals surface area contributed by atoms with Crippen molar-refractivity contribution in [2.75, 3.05) is 7.11 Å². The second-order valence-electron chi connectivity index (χ2n) is 9.95. The normalized spacial score (nSPS) is 15.2. The summed E-state index contributed by atoms with van der Waals surface area (Å²) in [6.07, 6.45) is 4.86. The predicted molar refractivity (Wildman–Crippen MR) is 152 cm³/mol. The lowest BCUT2D eigenvalue weighted by Gasteiger charge is -2.33. The summed E-state index contributed by atoms with van der Waals surface area (Å²) in [7, 11) is 1.61. The molecule has 1 aliphatic rings. The number of hydrogen-bond donors (Lipinski definition) is 0. The fraction of sp³-hybridized carbons (Fsp3) is 0.345. The van der Waals surface area contributed by atoms with Gasteiger partial charge >= 0.3 is 0 Å². The summed E-state index contributed by atoms with van der Waals surface area (Å²) < 4.78 is 12.6. The summed E-state index contributed by atoms with van der Waals surface area (Å²) in [5, 5.41) is 20.0. The summed E-state index contributed by atoms with van der Waals surface area (Å²) in [6, 6.07) is 15.9. The number of rotatable bonds is 6. The third-order valence-corrected chi connectivity index (χ3v) is 8.64. The highest BCUT2D eigenvalue weighted by atomic mass is 127. The third kappa shape index (κ3) is 5.58. The molecule has 5 nitrogen and oxygen atoms in total. The lowest BCUT2D eigenvalue weighted by Crippen LogP contribution is -2.26. The van der Waals surface area contributed by atoms with E-state index in [0.717, 1.165) is 44.5 Å². The van der Waals surface area contributed by atoms with Crippen LogP contribution in [0.1, 0.15) is 59.9 Å². The lowest BCUT2D eigenvalue weighted by molar-refractivity contribution is 0.218. The highest BCUT2D eigenvalue weighted by Gasteiger charge is 2.32. The minimum atomic E-state index is 0.256. The molecule has 184 valence electrons. The van der Waals surface area contributed by atoms with Crippen molar-refractivity contribution in [2.45, 2.75) is 46.6 Å². The van der Waals surface area contributed by atoms with Gasteiger partial charge in [0.05, 0.1) is 27.9 Å². The van der Waals surface area contributed by atoms with Crippen molar-refractivity contribution < 1.29 is 9.47 Å². The first-order valence-corrected chi connectivity index (χ1v) is 13.7. The Hall–Kier alpha value is -2.88. The molecule has 0 saturated heterocycles. The molecule has 1 aliphatic carbocycles. The molecule has 7 heteroatoms. The van der Waals surface area contributed by atoms with Gasteiger partial charge < -0.3 is 9.47 Å². The van der Waals surface area contributed by atoms with Gasteiger partial charge in [-0.05, 0) is 82.5 Å². The maximum absolute atomic E-state index is 9.86. The molecule has 2 aromatic carbocycles. The molecular weight excluding hydrogens is 581 g/mol. The predicted octanol–water partition coefficient (Wildman–Crippen LogP) is 7.59. The molecule has 0 fully saturated rings. The number of hydrogen-bond acceptors (Lipinski definition) is 6. The number of nitriles is 2. The Balaban J connectivity index is 1.57. The summed E-state index contributed by atoms with van der Waals surface area (Å²) in [4.78, 5) is 6.04. The molecule has 3 aromatic rings. The van der Waals surface area contributed by atoms with Crippen LogP contribution in [0.15, 0.2) is 41.4 Å². The number of fused-ring (bicyclic) bond motifs is 1. The zero-order chi connectivity index (χ0) is 25.9. The van der Waals surface area contributed by atoms with Crippen molar-refractivity contribution in [1.82, 2.24) is 0 Å². The maximum atomic E-state index is 9.86. The van der Waals surface area contributed by atoms with Gasteiger partial charge in [-0.1, -0.05) is 39.0 Å². The first kappa shape index (κ1) is 26.2. The standard InChI is InChI=1S/C29H28IN3O2S/c1-29(2,3)21-9-10-22-23(15-32)28(36-26(22)13-21)33-16-18-11-24(30)27(25(12-18)34-4)35-17-20-8-6-5-7-19(20)14-31/h5-8,11-12,16,21H,9-10,13,17H2,1-4H3/t21-/m1/s1. The first-order chi connectivity index (χ1) is 17.2. The van der Waals surface area contributed by atoms with Crippen LogP contribution in [0, 0.1) is 37.6 Å². The zero-order valence-corrected chi connectivity index (χ0v) is 23.9. The average Bonchev–Trinajstić information content (AvgIpc) is 3.22. The summed E-state index contributed by atoms with van der Waals surface area (Å²) in [6.45, 7) is 7.16. The Bertz CT molecular complexity index is 1390. The van der Waals surface area contributed by atoms with E-state index in [0.29, 0.717) is 23.0 Å². The van der Waals surface area contributed by atoms with Crippen LogP contribution in [0.4, 0.5) is 5.00 Å². The molecule has 1 aromatic heterocycles. The van der Waals surface area contributed by atoms with E-state index in [9.17, 15) is 10.5 Å². The van der Waals surface area contributed by atoms with Gasteiger partial charge in [0.15, 0.2) is 11.5 Å². The molecule has 0 aliphatic heterocycles. The molecule has 0 radical (unpaired) electrons. The lowest BCUT2D eigenvalue weighted by atomic mass is 9.72. The number of thiophene rings is 1. The van der Waals surface area contributed by atoms with E-state index < -0.39 is 0 Å². The van der Waals surface area contributed by atoms with Crippen molar-refractivity contribution in [2.24, 2.45) is 16.3 Å². The first-order valence-electron chi connectivity index (χ1n) is 11.8. The summed E-state index contributed by atoms with van der Waals surface area (Å²) >= 11 is 3.87. The zero-order valence-electron chi connectivity index (χ0n) is 20.9. The van der Waals surface area contributed by atoms with Crippen LogP contribution in [-0.4, -0.2) is 13.3 Å².